The van der Waals surface area contributed by atoms with Gasteiger partial charge in [0.1, 0.15) is 17.8 Å². The highest BCUT2D eigenvalue weighted by Gasteiger charge is 2.63. The van der Waals surface area contributed by atoms with Crippen molar-refractivity contribution >= 4 is 33.6 Å². The number of hydrogen-bond acceptors (Lipinski definition) is 8. The molecule has 2 aromatic carbocycles. The minimum Gasteiger partial charge on any atom is -0.337 e. The average molecular weight is 533 g/mol. The van der Waals surface area contributed by atoms with E-state index in [0.717, 1.165) is 27.6 Å². The average Bonchev–Trinajstić information content (AvgIpc) is 3.34. The second kappa shape index (κ2) is 8.95. The first-order valence-electron chi connectivity index (χ1n) is 12.7. The third kappa shape index (κ3) is 3.78. The van der Waals surface area contributed by atoms with Crippen LogP contribution in [0.15, 0.2) is 67.4 Å². The van der Waals surface area contributed by atoms with Crippen molar-refractivity contribution in [1.82, 2.24) is 40.4 Å². The highest BCUT2D eigenvalue weighted by molar-refractivity contribution is 6.66. The molecule has 0 radical (unpaired) electrons. The molecular formula is C29H21FN8O2. The first-order chi connectivity index (χ1) is 19.5. The van der Waals surface area contributed by atoms with Crippen molar-refractivity contribution in [3.8, 4) is 33.8 Å². The maximum atomic E-state index is 14.7. The summed E-state index contributed by atoms with van der Waals surface area (Å²) >= 11 is 0. The van der Waals surface area contributed by atoms with Gasteiger partial charge in [-0.15, -0.1) is 0 Å². The molecule has 0 saturated heterocycles. The van der Waals surface area contributed by atoms with Gasteiger partial charge in [-0.05, 0) is 47.9 Å². The monoisotopic (exact) mass is 532 g/mol. The van der Waals surface area contributed by atoms with E-state index in [1.54, 1.807) is 25.5 Å². The smallest absolute Gasteiger partial charge is 0.228 e. The van der Waals surface area contributed by atoms with Crippen molar-refractivity contribution in [3.63, 3.8) is 0 Å². The van der Waals surface area contributed by atoms with Crippen LogP contribution < -0.4 is 5.32 Å². The Morgan fingerprint density at radius 3 is 2.58 bits per heavy atom. The molecule has 1 aliphatic carbocycles. The molecule has 0 amide bonds. The van der Waals surface area contributed by atoms with Gasteiger partial charge in [-0.3, -0.25) is 20.0 Å². The second-order valence-corrected chi connectivity index (χ2v) is 9.73. The van der Waals surface area contributed by atoms with Crippen LogP contribution in [0, 0.1) is 5.82 Å². The summed E-state index contributed by atoms with van der Waals surface area (Å²) in [6.07, 6.45) is 6.98. The van der Waals surface area contributed by atoms with Crippen LogP contribution >= 0.6 is 0 Å². The fraction of sp³-hybridized carbons (Fsp3) is 0.138. The highest BCUT2D eigenvalue weighted by Crippen LogP contribution is 2.34. The van der Waals surface area contributed by atoms with E-state index in [4.69, 9.17) is 4.98 Å². The van der Waals surface area contributed by atoms with E-state index in [9.17, 15) is 14.0 Å². The first-order valence-corrected chi connectivity index (χ1v) is 12.7. The third-order valence-electron chi connectivity index (χ3n) is 7.37. The van der Waals surface area contributed by atoms with E-state index in [-0.39, 0.29) is 6.54 Å². The largest absolute Gasteiger partial charge is 0.337 e. The Hall–Kier alpha value is -5.16. The standard InChI is InChI=1S/C29H21FN8O2/c1-2-29(25(39)26(29)40)34-10-15-6-16(8-19(30)7-15)20-4-3-5-22-23(20)36-28(35-22)24-21-9-17(13-33-27(21)38-37-24)18-11-31-14-32-12-18/h3-9,11-14,34H,2,10H2,1H3,(H,35,36)(H,33,37,38). The number of benzene rings is 2. The summed E-state index contributed by atoms with van der Waals surface area (Å²) in [7, 11) is 0. The Balaban J connectivity index is 1.26. The zero-order valence-electron chi connectivity index (χ0n) is 21.2. The number of rotatable bonds is 7. The normalized spacial score (nSPS) is 14.3. The molecule has 40 heavy (non-hydrogen) atoms. The molecule has 10 nitrogen and oxygen atoms in total. The van der Waals surface area contributed by atoms with Gasteiger partial charge >= 0.3 is 0 Å². The number of pyridine rings is 1. The highest BCUT2D eigenvalue weighted by atomic mass is 19.1. The number of aromatic amines is 2. The molecule has 0 unspecified atom stereocenters. The van der Waals surface area contributed by atoms with E-state index in [1.807, 2.05) is 30.3 Å². The molecule has 0 spiro atoms. The van der Waals surface area contributed by atoms with Crippen LogP contribution in [-0.4, -0.2) is 52.2 Å². The number of carbonyl (C=O) groups is 2. The van der Waals surface area contributed by atoms with Gasteiger partial charge in [-0.25, -0.2) is 24.3 Å². The first kappa shape index (κ1) is 23.9. The maximum Gasteiger partial charge on any atom is 0.228 e. The summed E-state index contributed by atoms with van der Waals surface area (Å²) in [4.78, 5) is 44.6. The van der Waals surface area contributed by atoms with Gasteiger partial charge in [0.15, 0.2) is 17.0 Å². The molecule has 1 aliphatic rings. The van der Waals surface area contributed by atoms with Gasteiger partial charge in [0, 0.05) is 41.8 Å². The number of halogens is 1. The van der Waals surface area contributed by atoms with Crippen LogP contribution in [0.5, 0.6) is 0 Å². The number of H-pyrrole nitrogens is 2. The molecule has 4 aromatic heterocycles. The molecule has 0 bridgehead atoms. The molecule has 1 saturated carbocycles. The fourth-order valence-electron chi connectivity index (χ4n) is 5.11. The van der Waals surface area contributed by atoms with Crippen LogP contribution in [-0.2, 0) is 16.1 Å². The molecule has 4 heterocycles. The molecule has 7 rings (SSSR count). The Kier molecular flexibility index (Phi) is 5.35. The Morgan fingerprint density at radius 2 is 1.80 bits per heavy atom. The topological polar surface area (TPSA) is 142 Å². The number of fused-ring (bicyclic) bond motifs is 2. The lowest BCUT2D eigenvalue weighted by Gasteiger charge is -2.12. The summed E-state index contributed by atoms with van der Waals surface area (Å²) in [5.41, 5.74) is 5.12. The van der Waals surface area contributed by atoms with Crippen molar-refractivity contribution in [2.24, 2.45) is 0 Å². The summed E-state index contributed by atoms with van der Waals surface area (Å²) < 4.78 is 14.7. The predicted octanol–water partition coefficient (Wildman–Crippen LogP) is 4.15. The Bertz CT molecular complexity index is 1950. The number of imidazole rings is 1. The van der Waals surface area contributed by atoms with Crippen LogP contribution in [0.4, 0.5) is 4.39 Å². The minimum atomic E-state index is -1.14. The number of Topliss-reactive ketones (excluding diaryl/α,β-unsaturated/α-hetero) is 2. The van der Waals surface area contributed by atoms with E-state index in [0.29, 0.717) is 40.2 Å². The summed E-state index contributed by atoms with van der Waals surface area (Å²) in [6.45, 7) is 1.96. The van der Waals surface area contributed by atoms with Crippen molar-refractivity contribution < 1.29 is 14.0 Å². The molecule has 196 valence electrons. The number of nitrogens with zero attached hydrogens (tertiary/aromatic N) is 5. The van der Waals surface area contributed by atoms with Gasteiger partial charge in [-0.2, -0.15) is 5.10 Å². The number of aromatic nitrogens is 7. The Labute approximate surface area is 226 Å². The molecule has 3 N–H and O–H groups in total. The number of hydrogen-bond donors (Lipinski definition) is 3. The van der Waals surface area contributed by atoms with Gasteiger partial charge in [0.05, 0.1) is 16.4 Å². The maximum absolute atomic E-state index is 14.7. The summed E-state index contributed by atoms with van der Waals surface area (Å²) in [6, 6.07) is 12.3. The lowest BCUT2D eigenvalue weighted by atomic mass is 10.0. The molecule has 0 atom stereocenters. The third-order valence-corrected chi connectivity index (χ3v) is 7.37. The van der Waals surface area contributed by atoms with Crippen molar-refractivity contribution in [1.29, 1.82) is 0 Å². The minimum absolute atomic E-state index is 0.180. The van der Waals surface area contributed by atoms with Crippen molar-refractivity contribution in [2.45, 2.75) is 25.4 Å². The zero-order valence-corrected chi connectivity index (χ0v) is 21.2. The summed E-state index contributed by atoms with van der Waals surface area (Å²) in [5.74, 6) is -0.719. The lowest BCUT2D eigenvalue weighted by molar-refractivity contribution is -0.122. The lowest BCUT2D eigenvalue weighted by Crippen LogP contribution is -2.34. The van der Waals surface area contributed by atoms with Gasteiger partial charge < -0.3 is 4.98 Å². The number of nitrogens with one attached hydrogen (secondary N) is 3. The molecule has 1 fully saturated rings. The van der Waals surface area contributed by atoms with Crippen LogP contribution in [0.25, 0.3) is 55.8 Å². The number of para-hydroxylation sites is 1. The number of carbonyl (C=O) groups excluding carboxylic acids is 2. The SMILES string of the molecule is CCC1(NCc2cc(F)cc(-c3cccc4[nH]c(-c5[nH]nc6ncc(-c7cncnc7)cc56)nc34)c2)C(=O)C1=O. The number of ketones is 2. The second-order valence-electron chi connectivity index (χ2n) is 9.73. The van der Waals surface area contributed by atoms with E-state index in [1.165, 1.54) is 18.5 Å². The van der Waals surface area contributed by atoms with Gasteiger partial charge in [0.2, 0.25) is 11.6 Å². The molecule has 6 aromatic rings. The van der Waals surface area contributed by atoms with Crippen LogP contribution in [0.3, 0.4) is 0 Å². The van der Waals surface area contributed by atoms with Crippen LogP contribution in [0.1, 0.15) is 18.9 Å². The molecule has 0 aliphatic heterocycles. The molecule has 11 heteroatoms. The predicted molar refractivity (Wildman–Crippen MR) is 145 cm³/mol. The van der Waals surface area contributed by atoms with Crippen molar-refractivity contribution in [2.75, 3.05) is 0 Å². The van der Waals surface area contributed by atoms with Crippen molar-refractivity contribution in [3.05, 3.63) is 78.8 Å². The van der Waals surface area contributed by atoms with E-state index in [2.05, 4.69) is 35.5 Å². The van der Waals surface area contributed by atoms with E-state index >= 15 is 0 Å². The quantitative estimate of drug-likeness (QED) is 0.206. The molecular weight excluding hydrogens is 511 g/mol. The van der Waals surface area contributed by atoms with Gasteiger partial charge in [0.25, 0.3) is 0 Å². The van der Waals surface area contributed by atoms with Crippen LogP contribution in [0.2, 0.25) is 0 Å². The Morgan fingerprint density at radius 1 is 0.975 bits per heavy atom. The zero-order chi connectivity index (χ0) is 27.4. The van der Waals surface area contributed by atoms with E-state index < -0.39 is 22.9 Å². The van der Waals surface area contributed by atoms with Gasteiger partial charge in [-0.1, -0.05) is 19.1 Å². The summed E-state index contributed by atoms with van der Waals surface area (Å²) in [5, 5.41) is 11.2. The fourth-order valence-corrected chi connectivity index (χ4v) is 5.11.